The van der Waals surface area contributed by atoms with Crippen LogP contribution in [0.15, 0.2) is 24.3 Å². The molecule has 1 aromatic carbocycles. The zero-order valence-corrected chi connectivity index (χ0v) is 12.6. The van der Waals surface area contributed by atoms with Gasteiger partial charge in [0, 0.05) is 13.1 Å². The summed E-state index contributed by atoms with van der Waals surface area (Å²) in [6, 6.07) is 6.70. The van der Waals surface area contributed by atoms with Crippen molar-refractivity contribution in [3.63, 3.8) is 0 Å². The van der Waals surface area contributed by atoms with Gasteiger partial charge in [-0.1, -0.05) is 30.7 Å². The molecule has 0 bridgehead atoms. The van der Waals surface area contributed by atoms with Crippen LogP contribution in [0, 0.1) is 5.92 Å². The summed E-state index contributed by atoms with van der Waals surface area (Å²) in [6.07, 6.45) is 0.220. The van der Waals surface area contributed by atoms with E-state index in [9.17, 15) is 14.7 Å². The Hall–Kier alpha value is -1.59. The number of halogens is 1. The number of hydrogen-bond donors (Lipinski definition) is 2. The molecule has 114 valence electrons. The van der Waals surface area contributed by atoms with E-state index in [-0.39, 0.29) is 30.4 Å². The molecule has 2 atom stereocenters. The molecule has 1 aliphatic heterocycles. The van der Waals surface area contributed by atoms with Gasteiger partial charge in [-0.2, -0.15) is 0 Å². The number of nitrogens with one attached hydrogen (secondary N) is 1. The van der Waals surface area contributed by atoms with Crippen LogP contribution in [0.2, 0.25) is 5.02 Å². The largest absolute Gasteiger partial charge is 0.393 e. The Morgan fingerprint density at radius 1 is 1.43 bits per heavy atom. The van der Waals surface area contributed by atoms with Crippen LogP contribution < -0.4 is 5.32 Å². The fourth-order valence-electron chi connectivity index (χ4n) is 2.37. The fraction of sp³-hybridized carbons (Fsp3) is 0.467. The fourth-order valence-corrected chi connectivity index (χ4v) is 2.59. The Bertz CT molecular complexity index is 535. The predicted octanol–water partition coefficient (Wildman–Crippen LogP) is 1.30. The van der Waals surface area contributed by atoms with Crippen LogP contribution in [0.4, 0.5) is 0 Å². The minimum atomic E-state index is -0.362. The molecule has 0 radical (unpaired) electrons. The third-order valence-corrected chi connectivity index (χ3v) is 4.06. The van der Waals surface area contributed by atoms with Gasteiger partial charge in [0.05, 0.1) is 23.2 Å². The topological polar surface area (TPSA) is 69.6 Å². The van der Waals surface area contributed by atoms with Crippen molar-refractivity contribution in [2.75, 3.05) is 19.6 Å². The molecule has 1 heterocycles. The highest BCUT2D eigenvalue weighted by Gasteiger charge is 2.27. The molecule has 0 aromatic heterocycles. The quantitative estimate of drug-likeness (QED) is 0.884. The standard InChI is InChI=1S/C15H19ClN2O3/c1-10-9-18(7-6-13(10)19)14(20)8-17-15(21)11-4-2-3-5-12(11)16/h2-5,10,13,19H,6-9H2,1H3,(H,17,21). The van der Waals surface area contributed by atoms with Crippen molar-refractivity contribution in [3.05, 3.63) is 34.9 Å². The maximum atomic E-state index is 12.1. The summed E-state index contributed by atoms with van der Waals surface area (Å²) >= 11 is 5.93. The molecule has 21 heavy (non-hydrogen) atoms. The van der Waals surface area contributed by atoms with E-state index in [4.69, 9.17) is 11.6 Å². The van der Waals surface area contributed by atoms with Gasteiger partial charge in [-0.3, -0.25) is 9.59 Å². The van der Waals surface area contributed by atoms with Crippen molar-refractivity contribution in [3.8, 4) is 0 Å². The maximum absolute atomic E-state index is 12.1. The lowest BCUT2D eigenvalue weighted by Gasteiger charge is -2.34. The molecule has 1 aliphatic rings. The minimum Gasteiger partial charge on any atom is -0.393 e. The molecule has 2 rings (SSSR count). The summed E-state index contributed by atoms with van der Waals surface area (Å²) in [5, 5.41) is 12.6. The van der Waals surface area contributed by atoms with E-state index < -0.39 is 0 Å². The lowest BCUT2D eigenvalue weighted by Crippen LogP contribution is -2.48. The average molecular weight is 311 g/mol. The second-order valence-electron chi connectivity index (χ2n) is 5.34. The third kappa shape index (κ3) is 3.95. The number of piperidine rings is 1. The summed E-state index contributed by atoms with van der Waals surface area (Å²) in [6.45, 7) is 2.88. The Morgan fingerprint density at radius 3 is 2.81 bits per heavy atom. The number of amides is 2. The van der Waals surface area contributed by atoms with Gasteiger partial charge in [0.2, 0.25) is 5.91 Å². The van der Waals surface area contributed by atoms with E-state index in [2.05, 4.69) is 5.32 Å². The van der Waals surface area contributed by atoms with Crippen LogP contribution in [-0.2, 0) is 4.79 Å². The summed E-state index contributed by atoms with van der Waals surface area (Å²) in [5.41, 5.74) is 0.356. The summed E-state index contributed by atoms with van der Waals surface area (Å²) in [5.74, 6) is -0.449. The highest BCUT2D eigenvalue weighted by Crippen LogP contribution is 2.17. The SMILES string of the molecule is CC1CN(C(=O)CNC(=O)c2ccccc2Cl)CCC1O. The van der Waals surface area contributed by atoms with Crippen molar-refractivity contribution >= 4 is 23.4 Å². The Morgan fingerprint density at radius 2 is 2.14 bits per heavy atom. The van der Waals surface area contributed by atoms with Gasteiger partial charge in [-0.05, 0) is 24.5 Å². The number of aliphatic hydroxyl groups excluding tert-OH is 1. The molecule has 1 aromatic rings. The molecule has 5 nitrogen and oxygen atoms in total. The smallest absolute Gasteiger partial charge is 0.253 e. The van der Waals surface area contributed by atoms with Gasteiger partial charge in [-0.15, -0.1) is 0 Å². The number of likely N-dealkylation sites (tertiary alicyclic amines) is 1. The van der Waals surface area contributed by atoms with Crippen LogP contribution in [-0.4, -0.2) is 47.6 Å². The summed E-state index contributed by atoms with van der Waals surface area (Å²) in [7, 11) is 0. The number of rotatable bonds is 3. The van der Waals surface area contributed by atoms with E-state index >= 15 is 0 Å². The van der Waals surface area contributed by atoms with Crippen molar-refractivity contribution in [2.24, 2.45) is 5.92 Å². The molecule has 2 N–H and O–H groups in total. The lowest BCUT2D eigenvalue weighted by atomic mass is 9.97. The molecule has 0 aliphatic carbocycles. The number of carbonyl (C=O) groups excluding carboxylic acids is 2. The molecule has 6 heteroatoms. The lowest BCUT2D eigenvalue weighted by molar-refractivity contribution is -0.133. The van der Waals surface area contributed by atoms with Gasteiger partial charge in [0.1, 0.15) is 0 Å². The average Bonchev–Trinajstić information content (AvgIpc) is 2.47. The van der Waals surface area contributed by atoms with Crippen molar-refractivity contribution < 1.29 is 14.7 Å². The summed E-state index contributed by atoms with van der Waals surface area (Å²) in [4.78, 5) is 25.7. The van der Waals surface area contributed by atoms with Crippen LogP contribution in [0.3, 0.4) is 0 Å². The number of aliphatic hydroxyl groups is 1. The van der Waals surface area contributed by atoms with E-state index in [0.717, 1.165) is 0 Å². The van der Waals surface area contributed by atoms with Crippen LogP contribution in [0.5, 0.6) is 0 Å². The third-order valence-electron chi connectivity index (χ3n) is 3.73. The van der Waals surface area contributed by atoms with E-state index in [1.54, 1.807) is 29.2 Å². The molecule has 1 saturated heterocycles. The first-order chi connectivity index (χ1) is 9.99. The van der Waals surface area contributed by atoms with Crippen molar-refractivity contribution in [1.29, 1.82) is 0 Å². The highest BCUT2D eigenvalue weighted by atomic mass is 35.5. The minimum absolute atomic E-state index is 0.0574. The molecule has 0 saturated carbocycles. The Labute approximate surface area is 128 Å². The second-order valence-corrected chi connectivity index (χ2v) is 5.74. The van der Waals surface area contributed by atoms with E-state index in [1.807, 2.05) is 6.92 Å². The van der Waals surface area contributed by atoms with Gasteiger partial charge >= 0.3 is 0 Å². The van der Waals surface area contributed by atoms with Gasteiger partial charge in [-0.25, -0.2) is 0 Å². The normalized spacial score (nSPS) is 22.0. The number of hydrogen-bond acceptors (Lipinski definition) is 3. The molecule has 0 spiro atoms. The van der Waals surface area contributed by atoms with Crippen LogP contribution in [0.1, 0.15) is 23.7 Å². The predicted molar refractivity (Wildman–Crippen MR) is 80.2 cm³/mol. The second kappa shape index (κ2) is 6.91. The molecule has 2 unspecified atom stereocenters. The van der Waals surface area contributed by atoms with Gasteiger partial charge < -0.3 is 15.3 Å². The molecular weight excluding hydrogens is 292 g/mol. The number of nitrogens with zero attached hydrogens (tertiary/aromatic N) is 1. The first-order valence-corrected chi connectivity index (χ1v) is 7.35. The van der Waals surface area contributed by atoms with Gasteiger partial charge in [0.25, 0.3) is 5.91 Å². The summed E-state index contributed by atoms with van der Waals surface area (Å²) < 4.78 is 0. The molecule has 2 amide bonds. The van der Waals surface area contributed by atoms with Crippen molar-refractivity contribution in [2.45, 2.75) is 19.4 Å². The zero-order chi connectivity index (χ0) is 15.4. The molecular formula is C15H19ClN2O3. The maximum Gasteiger partial charge on any atom is 0.253 e. The Balaban J connectivity index is 1.87. The van der Waals surface area contributed by atoms with E-state index in [1.165, 1.54) is 0 Å². The number of benzene rings is 1. The van der Waals surface area contributed by atoms with Gasteiger partial charge in [0.15, 0.2) is 0 Å². The van der Waals surface area contributed by atoms with Crippen molar-refractivity contribution in [1.82, 2.24) is 10.2 Å². The first-order valence-electron chi connectivity index (χ1n) is 6.97. The number of carbonyl (C=O) groups is 2. The highest BCUT2D eigenvalue weighted by molar-refractivity contribution is 6.33. The Kier molecular flexibility index (Phi) is 5.20. The molecule has 1 fully saturated rings. The van der Waals surface area contributed by atoms with Crippen LogP contribution in [0.25, 0.3) is 0 Å². The first kappa shape index (κ1) is 15.8. The zero-order valence-electron chi connectivity index (χ0n) is 11.9. The van der Waals surface area contributed by atoms with Crippen LogP contribution >= 0.6 is 11.6 Å². The monoisotopic (exact) mass is 310 g/mol. The van der Waals surface area contributed by atoms with E-state index in [0.29, 0.717) is 30.1 Å².